The van der Waals surface area contributed by atoms with Gasteiger partial charge in [0.25, 0.3) is 5.91 Å². The average molecular weight is 477 g/mol. The molecular formula is C22H21ClN2O6S. The van der Waals surface area contributed by atoms with Gasteiger partial charge in [0.05, 0.1) is 23.6 Å². The van der Waals surface area contributed by atoms with E-state index >= 15 is 0 Å². The number of aryl methyl sites for hydroxylation is 1. The molecule has 168 valence electrons. The summed E-state index contributed by atoms with van der Waals surface area (Å²) in [6.45, 7) is 1.26. The molecule has 0 bridgehead atoms. The van der Waals surface area contributed by atoms with E-state index in [1.54, 1.807) is 43.3 Å². The van der Waals surface area contributed by atoms with Crippen LogP contribution < -0.4 is 10.1 Å². The van der Waals surface area contributed by atoms with E-state index in [0.717, 1.165) is 22.2 Å². The fraction of sp³-hybridized carbons (Fsp3) is 0.273. The van der Waals surface area contributed by atoms with Gasteiger partial charge in [0.2, 0.25) is 11.8 Å². The molecule has 1 unspecified atom stereocenters. The molecule has 3 rings (SSSR count). The largest absolute Gasteiger partial charge is 0.495 e. The Morgan fingerprint density at radius 2 is 1.97 bits per heavy atom. The van der Waals surface area contributed by atoms with Crippen molar-refractivity contribution in [1.82, 2.24) is 4.90 Å². The van der Waals surface area contributed by atoms with E-state index < -0.39 is 23.7 Å². The number of nitrogens with zero attached hydrogens (tertiary/aromatic N) is 1. The number of imide groups is 1. The van der Waals surface area contributed by atoms with Crippen molar-refractivity contribution < 1.29 is 28.7 Å². The van der Waals surface area contributed by atoms with Gasteiger partial charge >= 0.3 is 5.97 Å². The molecule has 2 aromatic carbocycles. The van der Waals surface area contributed by atoms with Gasteiger partial charge < -0.3 is 14.8 Å². The van der Waals surface area contributed by atoms with Gasteiger partial charge in [-0.25, -0.2) is 4.79 Å². The number of carbonyl (C=O) groups excluding carboxylic acids is 4. The Bertz CT molecular complexity index is 1090. The van der Waals surface area contributed by atoms with Gasteiger partial charge in [0.1, 0.15) is 5.75 Å². The molecule has 1 heterocycles. The van der Waals surface area contributed by atoms with E-state index in [9.17, 15) is 19.2 Å². The van der Waals surface area contributed by atoms with Crippen LogP contribution in [0.3, 0.4) is 0 Å². The van der Waals surface area contributed by atoms with Crippen LogP contribution in [0.4, 0.5) is 5.69 Å². The maximum absolute atomic E-state index is 12.6. The third-order valence-corrected chi connectivity index (χ3v) is 6.48. The Morgan fingerprint density at radius 1 is 1.25 bits per heavy atom. The smallest absolute Gasteiger partial charge is 0.339 e. The maximum Gasteiger partial charge on any atom is 0.339 e. The molecule has 1 fully saturated rings. The van der Waals surface area contributed by atoms with Crippen molar-refractivity contribution in [2.45, 2.75) is 23.5 Å². The summed E-state index contributed by atoms with van der Waals surface area (Å²) in [7, 11) is 2.88. The molecule has 0 aliphatic carbocycles. The predicted molar refractivity (Wildman–Crippen MR) is 120 cm³/mol. The topological polar surface area (TPSA) is 102 Å². The van der Waals surface area contributed by atoms with Crippen LogP contribution in [0.15, 0.2) is 41.3 Å². The number of nitrogens with one attached hydrogen (secondary N) is 1. The van der Waals surface area contributed by atoms with Crippen LogP contribution in [-0.4, -0.2) is 54.6 Å². The Balaban J connectivity index is 1.65. The lowest BCUT2D eigenvalue weighted by molar-refractivity contribution is -0.136. The Kier molecular flexibility index (Phi) is 7.42. The van der Waals surface area contributed by atoms with E-state index in [-0.39, 0.29) is 23.8 Å². The third kappa shape index (κ3) is 5.23. The van der Waals surface area contributed by atoms with Crippen LogP contribution in [0, 0.1) is 6.92 Å². The van der Waals surface area contributed by atoms with Crippen molar-refractivity contribution in [3.8, 4) is 5.75 Å². The average Bonchev–Trinajstić information content (AvgIpc) is 3.01. The zero-order valence-corrected chi connectivity index (χ0v) is 19.2. The number of hydrogen-bond acceptors (Lipinski definition) is 7. The molecule has 3 amide bonds. The van der Waals surface area contributed by atoms with E-state index in [1.165, 1.54) is 14.2 Å². The number of likely N-dealkylation sites (tertiary alicyclic amines) is 1. The highest BCUT2D eigenvalue weighted by molar-refractivity contribution is 8.00. The fourth-order valence-corrected chi connectivity index (χ4v) is 4.41. The molecule has 8 nitrogen and oxygen atoms in total. The van der Waals surface area contributed by atoms with Crippen molar-refractivity contribution in [3.63, 3.8) is 0 Å². The molecule has 0 radical (unpaired) electrons. The number of thioether (sulfide) groups is 1. The standard InChI is InChI=1S/C22H21ClN2O6S/c1-12-8-15(16(30-3)9-14(12)23)24-19(26)11-31-22(29)13-6-4-5-7-17(13)32-18-10-20(27)25(2)21(18)28/h4-9,18H,10-11H2,1-3H3,(H,24,26). The number of rotatable bonds is 7. The number of carbonyl (C=O) groups is 4. The van der Waals surface area contributed by atoms with E-state index in [1.807, 2.05) is 0 Å². The molecule has 32 heavy (non-hydrogen) atoms. The number of ether oxygens (including phenoxy) is 2. The fourth-order valence-electron chi connectivity index (χ4n) is 3.03. The van der Waals surface area contributed by atoms with E-state index in [0.29, 0.717) is 21.4 Å². The molecule has 1 aliphatic rings. The van der Waals surface area contributed by atoms with Crippen LogP contribution >= 0.6 is 23.4 Å². The van der Waals surface area contributed by atoms with Gasteiger partial charge in [0, 0.05) is 29.5 Å². The molecule has 0 aromatic heterocycles. The number of hydrogen-bond donors (Lipinski definition) is 1. The summed E-state index contributed by atoms with van der Waals surface area (Å²) >= 11 is 7.19. The van der Waals surface area contributed by atoms with Crippen LogP contribution in [0.5, 0.6) is 5.75 Å². The van der Waals surface area contributed by atoms with Gasteiger partial charge in [-0.3, -0.25) is 19.3 Å². The van der Waals surface area contributed by atoms with Gasteiger partial charge in [-0.1, -0.05) is 23.7 Å². The van der Waals surface area contributed by atoms with E-state index in [4.69, 9.17) is 21.1 Å². The summed E-state index contributed by atoms with van der Waals surface area (Å²) in [4.78, 5) is 50.4. The first-order valence-electron chi connectivity index (χ1n) is 9.58. The molecule has 2 aromatic rings. The highest BCUT2D eigenvalue weighted by atomic mass is 35.5. The first-order valence-corrected chi connectivity index (χ1v) is 10.8. The second kappa shape index (κ2) is 10.1. The molecule has 1 N–H and O–H groups in total. The molecule has 1 aliphatic heterocycles. The molecule has 10 heteroatoms. The molecule has 1 saturated heterocycles. The number of esters is 1. The lowest BCUT2D eigenvalue weighted by atomic mass is 10.2. The predicted octanol–water partition coefficient (Wildman–Crippen LogP) is 3.30. The lowest BCUT2D eigenvalue weighted by Gasteiger charge is -2.14. The zero-order chi connectivity index (χ0) is 23.4. The minimum atomic E-state index is -0.715. The van der Waals surface area contributed by atoms with Crippen molar-refractivity contribution >= 4 is 52.7 Å². The van der Waals surface area contributed by atoms with Crippen LogP contribution in [0.25, 0.3) is 0 Å². The van der Waals surface area contributed by atoms with Crippen LogP contribution in [-0.2, 0) is 19.1 Å². The van der Waals surface area contributed by atoms with Gasteiger partial charge in [0.15, 0.2) is 6.61 Å². The lowest BCUT2D eigenvalue weighted by Crippen LogP contribution is -2.26. The third-order valence-electron chi connectivity index (χ3n) is 4.81. The van der Waals surface area contributed by atoms with Crippen LogP contribution in [0.2, 0.25) is 5.02 Å². The highest BCUT2D eigenvalue weighted by Gasteiger charge is 2.37. The Morgan fingerprint density at radius 3 is 2.62 bits per heavy atom. The normalized spacial score (nSPS) is 15.6. The molecule has 0 saturated carbocycles. The van der Waals surface area contributed by atoms with Gasteiger partial charge in [-0.15, -0.1) is 11.8 Å². The van der Waals surface area contributed by atoms with Crippen molar-refractivity contribution in [3.05, 3.63) is 52.5 Å². The Labute approximate surface area is 194 Å². The first-order chi connectivity index (χ1) is 15.2. The second-order valence-corrected chi connectivity index (χ2v) is 8.68. The summed E-state index contributed by atoms with van der Waals surface area (Å²) in [5.74, 6) is -1.47. The summed E-state index contributed by atoms with van der Waals surface area (Å²) in [6, 6.07) is 9.81. The number of anilines is 1. The van der Waals surface area contributed by atoms with Crippen molar-refractivity contribution in [2.24, 2.45) is 0 Å². The maximum atomic E-state index is 12.6. The molecular weight excluding hydrogens is 456 g/mol. The number of methoxy groups -OCH3 is 1. The van der Waals surface area contributed by atoms with Crippen LogP contribution in [0.1, 0.15) is 22.3 Å². The van der Waals surface area contributed by atoms with Crippen molar-refractivity contribution in [2.75, 3.05) is 26.1 Å². The van der Waals surface area contributed by atoms with Gasteiger partial charge in [-0.05, 0) is 30.7 Å². The molecule has 0 spiro atoms. The SMILES string of the molecule is COc1cc(Cl)c(C)cc1NC(=O)COC(=O)c1ccccc1SC1CC(=O)N(C)C1=O. The zero-order valence-electron chi connectivity index (χ0n) is 17.6. The highest BCUT2D eigenvalue weighted by Crippen LogP contribution is 2.33. The molecule has 1 atom stereocenters. The monoisotopic (exact) mass is 476 g/mol. The number of amides is 3. The number of halogens is 1. The summed E-state index contributed by atoms with van der Waals surface area (Å²) < 4.78 is 10.4. The van der Waals surface area contributed by atoms with E-state index in [2.05, 4.69) is 5.32 Å². The van der Waals surface area contributed by atoms with Crippen molar-refractivity contribution in [1.29, 1.82) is 0 Å². The second-order valence-electron chi connectivity index (χ2n) is 7.02. The summed E-state index contributed by atoms with van der Waals surface area (Å²) in [5.41, 5.74) is 1.36. The van der Waals surface area contributed by atoms with Gasteiger partial charge in [-0.2, -0.15) is 0 Å². The quantitative estimate of drug-likeness (QED) is 0.483. The minimum absolute atomic E-state index is 0.0636. The Hall–Kier alpha value is -3.04. The number of benzene rings is 2. The minimum Gasteiger partial charge on any atom is -0.495 e. The summed E-state index contributed by atoms with van der Waals surface area (Å²) in [6.07, 6.45) is 0.0636. The first kappa shape index (κ1) is 23.6. The summed E-state index contributed by atoms with van der Waals surface area (Å²) in [5, 5.41) is 2.52.